The van der Waals surface area contributed by atoms with E-state index in [1.165, 1.54) is 57.8 Å². The summed E-state index contributed by atoms with van der Waals surface area (Å²) in [4.78, 5) is 31.1. The lowest BCUT2D eigenvalue weighted by Crippen LogP contribution is -2.22. The normalized spacial score (nSPS) is 11.0. The summed E-state index contributed by atoms with van der Waals surface area (Å²) in [5, 5.41) is 2.62. The van der Waals surface area contributed by atoms with Crippen LogP contribution < -0.4 is 5.32 Å². The van der Waals surface area contributed by atoms with Gasteiger partial charge < -0.3 is 5.32 Å². The molecule has 5 nitrogen and oxygen atoms in total. The fraction of sp³-hybridized carbons (Fsp3) is 0.810. The van der Waals surface area contributed by atoms with E-state index >= 15 is 0 Å². The van der Waals surface area contributed by atoms with E-state index in [1.54, 1.807) is 7.05 Å². The van der Waals surface area contributed by atoms with E-state index in [0.717, 1.165) is 25.7 Å². The van der Waals surface area contributed by atoms with Crippen LogP contribution in [0.3, 0.4) is 0 Å². The minimum absolute atomic E-state index is 0.0285. The van der Waals surface area contributed by atoms with E-state index in [9.17, 15) is 9.59 Å². The lowest BCUT2D eigenvalue weighted by atomic mass is 10.1. The van der Waals surface area contributed by atoms with Gasteiger partial charge in [-0.05, 0) is 39.2 Å². The second-order valence-corrected chi connectivity index (χ2v) is 6.78. The number of hydrogen-bond acceptors (Lipinski definition) is 5. The van der Waals surface area contributed by atoms with Gasteiger partial charge in [0.15, 0.2) is 0 Å². The molecule has 0 aliphatic rings. The van der Waals surface area contributed by atoms with Gasteiger partial charge in [-0.15, -0.1) is 0 Å². The van der Waals surface area contributed by atoms with Gasteiger partial charge in [0.05, 0.1) is 13.0 Å². The molecule has 0 bridgehead atoms. The summed E-state index contributed by atoms with van der Waals surface area (Å²) in [6.07, 6.45) is 20.7. The Morgan fingerprint density at radius 3 is 1.81 bits per heavy atom. The molecule has 26 heavy (non-hydrogen) atoms. The highest BCUT2D eigenvalue weighted by Crippen LogP contribution is 2.10. The maximum atomic E-state index is 11.4. The maximum Gasteiger partial charge on any atom is 0.369 e. The molecule has 0 aromatic carbocycles. The Morgan fingerprint density at radius 1 is 0.731 bits per heavy atom. The van der Waals surface area contributed by atoms with Crippen molar-refractivity contribution in [2.24, 2.45) is 0 Å². The zero-order valence-electron chi connectivity index (χ0n) is 16.9. The number of unbranched alkanes of at least 4 members (excludes halogenated alkanes) is 11. The summed E-state index contributed by atoms with van der Waals surface area (Å²) in [7, 11) is 1.62. The van der Waals surface area contributed by atoms with Crippen molar-refractivity contribution >= 4 is 11.9 Å². The third-order valence-electron chi connectivity index (χ3n) is 4.19. The van der Waals surface area contributed by atoms with Gasteiger partial charge in [-0.1, -0.05) is 70.4 Å². The van der Waals surface area contributed by atoms with E-state index in [4.69, 9.17) is 0 Å². The Balaban J connectivity index is 3.26. The topological polar surface area (TPSA) is 64.6 Å². The van der Waals surface area contributed by atoms with Crippen LogP contribution in [0.2, 0.25) is 0 Å². The van der Waals surface area contributed by atoms with Gasteiger partial charge in [-0.25, -0.2) is 19.4 Å². The average molecular weight is 370 g/mol. The predicted octanol–water partition coefficient (Wildman–Crippen LogP) is 5.24. The molecule has 1 N–H and O–H groups in total. The molecule has 5 heteroatoms. The van der Waals surface area contributed by atoms with Crippen molar-refractivity contribution in [2.45, 2.75) is 96.8 Å². The molecule has 0 fully saturated rings. The highest BCUT2D eigenvalue weighted by molar-refractivity contribution is 5.73. The molecule has 0 aliphatic heterocycles. The second kappa shape index (κ2) is 20.0. The van der Waals surface area contributed by atoms with E-state index in [0.29, 0.717) is 6.42 Å². The monoisotopic (exact) mass is 369 g/mol. The van der Waals surface area contributed by atoms with E-state index in [-0.39, 0.29) is 6.54 Å². The van der Waals surface area contributed by atoms with Crippen LogP contribution >= 0.6 is 0 Å². The van der Waals surface area contributed by atoms with Gasteiger partial charge in [0.2, 0.25) is 0 Å². The first-order chi connectivity index (χ1) is 12.7. The van der Waals surface area contributed by atoms with Gasteiger partial charge in [0.25, 0.3) is 0 Å². The molecular weight excluding hydrogens is 330 g/mol. The fourth-order valence-electron chi connectivity index (χ4n) is 2.65. The Morgan fingerprint density at radius 2 is 1.23 bits per heavy atom. The number of allylic oxidation sites excluding steroid dienone is 2. The van der Waals surface area contributed by atoms with Crippen LogP contribution in [0, 0.1) is 0 Å². The predicted molar refractivity (Wildman–Crippen MR) is 106 cm³/mol. The first-order valence-corrected chi connectivity index (χ1v) is 10.4. The Bertz CT molecular complexity index is 369. The van der Waals surface area contributed by atoms with Crippen molar-refractivity contribution in [2.75, 3.05) is 13.6 Å². The molecule has 0 spiro atoms. The summed E-state index contributed by atoms with van der Waals surface area (Å²) in [6, 6.07) is 0. The highest BCUT2D eigenvalue weighted by Gasteiger charge is 2.08. The Kier molecular flexibility index (Phi) is 18.9. The Labute approximate surface area is 159 Å². The minimum Gasteiger partial charge on any atom is -0.310 e. The summed E-state index contributed by atoms with van der Waals surface area (Å²) >= 11 is 0. The number of hydrogen-bond donors (Lipinski definition) is 1. The van der Waals surface area contributed by atoms with Crippen LogP contribution in [-0.2, 0) is 19.4 Å². The average Bonchev–Trinajstić information content (AvgIpc) is 2.63. The zero-order chi connectivity index (χ0) is 19.3. The third kappa shape index (κ3) is 19.0. The van der Waals surface area contributed by atoms with Crippen LogP contribution in [0.15, 0.2) is 12.2 Å². The second-order valence-electron chi connectivity index (χ2n) is 6.78. The SMILES string of the molecule is CCCCCCCC/C=C\CCCCCCCC(=O)OOC(=O)CNC. The van der Waals surface area contributed by atoms with Crippen LogP contribution in [0.4, 0.5) is 0 Å². The molecule has 0 unspecified atom stereocenters. The standard InChI is InChI=1S/C21H39NO4/c1-3-4-5-6-7-8-9-10-11-12-13-14-15-16-17-18-20(23)25-26-21(24)19-22-2/h10-11,22H,3-9,12-19H2,1-2H3/b11-10-. The smallest absolute Gasteiger partial charge is 0.310 e. The molecule has 0 aromatic heterocycles. The fourth-order valence-corrected chi connectivity index (χ4v) is 2.65. The van der Waals surface area contributed by atoms with Gasteiger partial charge in [-0.2, -0.15) is 0 Å². The van der Waals surface area contributed by atoms with Gasteiger partial charge in [0.1, 0.15) is 0 Å². The molecule has 0 amide bonds. The van der Waals surface area contributed by atoms with Gasteiger partial charge in [-0.3, -0.25) is 0 Å². The van der Waals surface area contributed by atoms with Crippen molar-refractivity contribution < 1.29 is 19.4 Å². The van der Waals surface area contributed by atoms with Crippen molar-refractivity contribution in [3.63, 3.8) is 0 Å². The van der Waals surface area contributed by atoms with Gasteiger partial charge in [0, 0.05) is 0 Å². The van der Waals surface area contributed by atoms with Crippen molar-refractivity contribution in [3.8, 4) is 0 Å². The van der Waals surface area contributed by atoms with E-state index in [2.05, 4.69) is 34.2 Å². The summed E-state index contributed by atoms with van der Waals surface area (Å²) < 4.78 is 0. The first-order valence-electron chi connectivity index (χ1n) is 10.4. The van der Waals surface area contributed by atoms with Crippen molar-refractivity contribution in [1.82, 2.24) is 5.32 Å². The van der Waals surface area contributed by atoms with E-state index < -0.39 is 11.9 Å². The number of carbonyl (C=O) groups excluding carboxylic acids is 2. The highest BCUT2D eigenvalue weighted by atomic mass is 17.2. The molecular formula is C21H39NO4. The summed E-state index contributed by atoms with van der Waals surface area (Å²) in [5.41, 5.74) is 0. The number of likely N-dealkylation sites (N-methyl/N-ethyl adjacent to an activating group) is 1. The van der Waals surface area contributed by atoms with Crippen LogP contribution in [0.5, 0.6) is 0 Å². The van der Waals surface area contributed by atoms with E-state index in [1.807, 2.05) is 0 Å². The van der Waals surface area contributed by atoms with Crippen LogP contribution in [0.25, 0.3) is 0 Å². The maximum absolute atomic E-state index is 11.4. The lowest BCUT2D eigenvalue weighted by Gasteiger charge is -2.03. The minimum atomic E-state index is -0.592. The van der Waals surface area contributed by atoms with Crippen molar-refractivity contribution in [1.29, 1.82) is 0 Å². The zero-order valence-corrected chi connectivity index (χ0v) is 16.9. The molecule has 0 aliphatic carbocycles. The summed E-state index contributed by atoms with van der Waals surface area (Å²) in [5.74, 6) is -1.07. The quantitative estimate of drug-likeness (QED) is 0.164. The lowest BCUT2D eigenvalue weighted by molar-refractivity contribution is -0.258. The molecule has 0 heterocycles. The largest absolute Gasteiger partial charge is 0.369 e. The number of rotatable bonds is 17. The Hall–Kier alpha value is -1.36. The molecule has 0 aromatic rings. The molecule has 0 saturated carbocycles. The van der Waals surface area contributed by atoms with Crippen LogP contribution in [0.1, 0.15) is 96.8 Å². The van der Waals surface area contributed by atoms with Gasteiger partial charge >= 0.3 is 11.9 Å². The molecule has 152 valence electrons. The summed E-state index contributed by atoms with van der Waals surface area (Å²) in [6.45, 7) is 2.28. The third-order valence-corrected chi connectivity index (χ3v) is 4.19. The van der Waals surface area contributed by atoms with Crippen molar-refractivity contribution in [3.05, 3.63) is 12.2 Å². The molecule has 0 radical (unpaired) electrons. The van der Waals surface area contributed by atoms with Crippen LogP contribution in [-0.4, -0.2) is 25.5 Å². The first kappa shape index (κ1) is 24.6. The molecule has 0 atom stereocenters. The number of carbonyl (C=O) groups is 2. The molecule has 0 saturated heterocycles. The molecule has 0 rings (SSSR count). The number of nitrogens with one attached hydrogen (secondary N) is 1.